The summed E-state index contributed by atoms with van der Waals surface area (Å²) in [5.41, 5.74) is 3.67. The first-order chi connectivity index (χ1) is 18.7. The van der Waals surface area contributed by atoms with Crippen molar-refractivity contribution < 1.29 is 27.5 Å². The third-order valence-corrected chi connectivity index (χ3v) is 7.66. The number of fused-ring (bicyclic) bond motifs is 1. The van der Waals surface area contributed by atoms with Gasteiger partial charge in [0.1, 0.15) is 29.2 Å². The van der Waals surface area contributed by atoms with Gasteiger partial charge in [0.15, 0.2) is 0 Å². The Hall–Kier alpha value is -3.03. The highest BCUT2D eigenvalue weighted by Gasteiger charge is 2.26. The number of nitrogens with zero attached hydrogens (tertiary/aromatic N) is 1. The van der Waals surface area contributed by atoms with Crippen LogP contribution < -0.4 is 9.47 Å². The van der Waals surface area contributed by atoms with Crippen molar-refractivity contribution in [3.8, 4) is 17.2 Å². The number of alkyl halides is 1. The Balaban J connectivity index is 1.46. The number of phenols is 1. The summed E-state index contributed by atoms with van der Waals surface area (Å²) in [6.07, 6.45) is 1.47. The zero-order chi connectivity index (χ0) is 27.6. The number of phenolic OH excluding ortho intramolecular Hbond substituents is 1. The minimum Gasteiger partial charge on any atom is -0.508 e. The van der Waals surface area contributed by atoms with Gasteiger partial charge in [0.05, 0.1) is 17.8 Å². The van der Waals surface area contributed by atoms with Crippen molar-refractivity contribution in [2.75, 3.05) is 39.1 Å². The Morgan fingerprint density at radius 1 is 1.08 bits per heavy atom. The normalized spacial score (nSPS) is 19.4. The first-order valence-electron chi connectivity index (χ1n) is 13.4. The van der Waals surface area contributed by atoms with Crippen molar-refractivity contribution in [2.24, 2.45) is 0 Å². The zero-order valence-electron chi connectivity index (χ0n) is 22.7. The van der Waals surface area contributed by atoms with Gasteiger partial charge in [-0.2, -0.15) is 0 Å². The molecule has 0 amide bonds. The molecule has 0 aliphatic carbocycles. The van der Waals surface area contributed by atoms with Gasteiger partial charge in [-0.3, -0.25) is 9.29 Å². The van der Waals surface area contributed by atoms with Gasteiger partial charge in [0.2, 0.25) is 0 Å². The average molecular weight is 513 g/mol. The van der Waals surface area contributed by atoms with Gasteiger partial charge < -0.3 is 14.6 Å². The molecule has 1 saturated heterocycles. The number of ether oxygens (including phenoxy) is 2. The minimum atomic E-state index is -2.67. The summed E-state index contributed by atoms with van der Waals surface area (Å²) in [6, 6.07) is 16.9. The van der Waals surface area contributed by atoms with E-state index in [1.807, 2.05) is 30.3 Å². The predicted molar refractivity (Wildman–Crippen MR) is 140 cm³/mol. The molecule has 1 atom stereocenters. The fourth-order valence-corrected chi connectivity index (χ4v) is 5.97. The molecule has 0 bridgehead atoms. The number of hydrogen-bond donors (Lipinski definition) is 1. The van der Waals surface area contributed by atoms with Crippen LogP contribution in [0.2, 0.25) is 0 Å². The molecule has 0 radical (unpaired) electrons. The summed E-state index contributed by atoms with van der Waals surface area (Å²) in [5, 5.41) is 10.0. The molecule has 1 N–H and O–H groups in total. The number of benzene rings is 3. The molecule has 5 rings (SSSR count). The Morgan fingerprint density at radius 3 is 2.67 bits per heavy atom. The fraction of sp³-hybridized carbons (Fsp3) is 0.310. The first kappa shape index (κ1) is 21.1. The molecule has 188 valence electrons. The van der Waals surface area contributed by atoms with E-state index in [4.69, 9.17) is 13.6 Å². The maximum absolute atomic E-state index is 15.3. The van der Waals surface area contributed by atoms with Crippen LogP contribution in [0.15, 0.2) is 65.6 Å². The molecule has 36 heavy (non-hydrogen) atoms. The standard InChI is InChI=1S/C29H29F2NO3S/c1-34-22-8-10-24(27(31)16-22)26-18-36-28-15-20(33)5-9-25(28)29(26)19-3-6-21(7-4-19)35-23-11-14-32(17-23)13-2-12-30/h3-10,15-16,23,33H,2,11-14,17-18H2,1H3/t23-/m0/s1/i1D3. The molecule has 0 unspecified atom stereocenters. The first-order valence-corrected chi connectivity index (χ1v) is 12.9. The molecule has 3 aromatic rings. The second-order valence-electron chi connectivity index (χ2n) is 8.96. The van der Waals surface area contributed by atoms with Crippen LogP contribution in [0, 0.1) is 5.82 Å². The molecular formula is C29H29F2NO3S. The smallest absolute Gasteiger partial charge is 0.134 e. The topological polar surface area (TPSA) is 41.9 Å². The second-order valence-corrected chi connectivity index (χ2v) is 9.98. The molecule has 2 aliphatic rings. The summed E-state index contributed by atoms with van der Waals surface area (Å²) >= 11 is 1.50. The van der Waals surface area contributed by atoms with Crippen molar-refractivity contribution in [1.82, 2.24) is 4.90 Å². The van der Waals surface area contributed by atoms with Crippen LogP contribution in [0.1, 0.15) is 33.6 Å². The molecular weight excluding hydrogens is 480 g/mol. The monoisotopic (exact) mass is 512 g/mol. The highest BCUT2D eigenvalue weighted by atomic mass is 32.2. The van der Waals surface area contributed by atoms with Crippen molar-refractivity contribution in [1.29, 1.82) is 0 Å². The quantitative estimate of drug-likeness (QED) is 0.377. The van der Waals surface area contributed by atoms with Gasteiger partial charge in [-0.05, 0) is 77.6 Å². The van der Waals surface area contributed by atoms with Crippen LogP contribution in [0.4, 0.5) is 8.78 Å². The summed E-state index contributed by atoms with van der Waals surface area (Å²) in [7, 11) is -2.67. The lowest BCUT2D eigenvalue weighted by atomic mass is 9.89. The molecule has 2 aliphatic heterocycles. The summed E-state index contributed by atoms with van der Waals surface area (Å²) in [5.74, 6) is 0.695. The Labute approximate surface area is 218 Å². The average Bonchev–Trinajstić information content (AvgIpc) is 3.33. The highest BCUT2D eigenvalue weighted by Crippen LogP contribution is 2.46. The van der Waals surface area contributed by atoms with Gasteiger partial charge in [-0.15, -0.1) is 11.8 Å². The molecule has 2 heterocycles. The van der Waals surface area contributed by atoms with Crippen molar-refractivity contribution in [3.05, 3.63) is 83.2 Å². The number of likely N-dealkylation sites (tertiary alicyclic amines) is 1. The molecule has 1 fully saturated rings. The Morgan fingerprint density at radius 2 is 1.89 bits per heavy atom. The molecule has 0 saturated carbocycles. The lowest BCUT2D eigenvalue weighted by Gasteiger charge is -2.25. The number of methoxy groups -OCH3 is 1. The molecule has 3 aromatic carbocycles. The van der Waals surface area contributed by atoms with Crippen LogP contribution >= 0.6 is 11.8 Å². The van der Waals surface area contributed by atoms with E-state index in [1.54, 1.807) is 18.2 Å². The van der Waals surface area contributed by atoms with E-state index in [-0.39, 0.29) is 24.3 Å². The van der Waals surface area contributed by atoms with Crippen LogP contribution in [0.5, 0.6) is 17.2 Å². The van der Waals surface area contributed by atoms with Gasteiger partial charge in [0, 0.05) is 41.9 Å². The number of aromatic hydroxyl groups is 1. The largest absolute Gasteiger partial charge is 0.508 e. The van der Waals surface area contributed by atoms with Gasteiger partial charge >= 0.3 is 0 Å². The predicted octanol–water partition coefficient (Wildman–Crippen LogP) is 6.42. The van der Waals surface area contributed by atoms with Crippen LogP contribution in [0.25, 0.3) is 11.1 Å². The second kappa shape index (κ2) is 10.9. The lowest BCUT2D eigenvalue weighted by Crippen LogP contribution is -2.26. The molecule has 4 nitrogen and oxygen atoms in total. The van der Waals surface area contributed by atoms with E-state index in [2.05, 4.69) is 4.90 Å². The van der Waals surface area contributed by atoms with Gasteiger partial charge in [-0.1, -0.05) is 12.1 Å². The third-order valence-electron chi connectivity index (χ3n) is 6.57. The summed E-state index contributed by atoms with van der Waals surface area (Å²) < 4.78 is 60.8. The number of rotatable bonds is 8. The van der Waals surface area contributed by atoms with E-state index < -0.39 is 12.9 Å². The van der Waals surface area contributed by atoms with Crippen LogP contribution in [0.3, 0.4) is 0 Å². The number of thioether (sulfide) groups is 1. The highest BCUT2D eigenvalue weighted by molar-refractivity contribution is 7.99. The zero-order valence-corrected chi connectivity index (χ0v) is 20.5. The SMILES string of the molecule is [2H]C([2H])([2H])Oc1ccc(C2=C(c3ccc(O[C@H]4CCN(CCCF)C4)cc3)c3ccc(O)cc3SC2)c(F)c1. The van der Waals surface area contributed by atoms with E-state index in [9.17, 15) is 9.50 Å². The van der Waals surface area contributed by atoms with Crippen LogP contribution in [-0.2, 0) is 0 Å². The fourth-order valence-electron chi connectivity index (χ4n) is 4.84. The molecule has 0 spiro atoms. The van der Waals surface area contributed by atoms with Crippen LogP contribution in [-0.4, -0.2) is 55.2 Å². The number of hydrogen-bond acceptors (Lipinski definition) is 5. The summed E-state index contributed by atoms with van der Waals surface area (Å²) in [6.45, 7) is 2.08. The maximum atomic E-state index is 15.3. The van der Waals surface area contributed by atoms with E-state index in [0.29, 0.717) is 17.7 Å². The third kappa shape index (κ3) is 5.22. The van der Waals surface area contributed by atoms with Crippen molar-refractivity contribution in [2.45, 2.75) is 23.8 Å². The molecule has 7 heteroatoms. The minimum absolute atomic E-state index is 0.0461. The molecule has 0 aromatic heterocycles. The van der Waals surface area contributed by atoms with Crippen molar-refractivity contribution >= 4 is 22.9 Å². The van der Waals surface area contributed by atoms with E-state index >= 15 is 4.39 Å². The Bertz CT molecular complexity index is 1360. The van der Waals surface area contributed by atoms with E-state index in [1.165, 1.54) is 17.8 Å². The summed E-state index contributed by atoms with van der Waals surface area (Å²) in [4.78, 5) is 3.10. The number of halogens is 2. The lowest BCUT2D eigenvalue weighted by molar-refractivity contribution is 0.198. The van der Waals surface area contributed by atoms with Gasteiger partial charge in [0.25, 0.3) is 0 Å². The van der Waals surface area contributed by atoms with E-state index in [0.717, 1.165) is 65.0 Å². The van der Waals surface area contributed by atoms with Crippen molar-refractivity contribution in [3.63, 3.8) is 0 Å². The maximum Gasteiger partial charge on any atom is 0.134 e. The van der Waals surface area contributed by atoms with Gasteiger partial charge in [-0.25, -0.2) is 4.39 Å². The Kier molecular flexibility index (Phi) is 6.40.